The Bertz CT molecular complexity index is 1290. The zero-order valence-electron chi connectivity index (χ0n) is 22.9. The van der Waals surface area contributed by atoms with Crippen molar-refractivity contribution < 1.29 is 33.6 Å². The van der Waals surface area contributed by atoms with Crippen molar-refractivity contribution in [2.75, 3.05) is 20.8 Å². The number of pyridine rings is 1. The average Bonchev–Trinajstić information content (AvgIpc) is 3.59. The largest absolute Gasteiger partial charge is 0.493 e. The van der Waals surface area contributed by atoms with Gasteiger partial charge in [0.15, 0.2) is 0 Å². The van der Waals surface area contributed by atoms with Gasteiger partial charge in [0.25, 0.3) is 0 Å². The summed E-state index contributed by atoms with van der Waals surface area (Å²) >= 11 is 0. The number of aryl methyl sites for hydroxylation is 2. The summed E-state index contributed by atoms with van der Waals surface area (Å²) in [5.41, 5.74) is 5.66. The molecule has 0 saturated heterocycles. The van der Waals surface area contributed by atoms with Crippen LogP contribution in [0, 0.1) is 37.3 Å². The van der Waals surface area contributed by atoms with Gasteiger partial charge in [-0.1, -0.05) is 0 Å². The molecule has 2 aromatic carbocycles. The first-order valence-electron chi connectivity index (χ1n) is 13.3. The maximum Gasteiger partial charge on any atom is 0.213 e. The van der Waals surface area contributed by atoms with Crippen LogP contribution < -0.4 is 9.47 Å². The Morgan fingerprint density at radius 1 is 0.897 bits per heavy atom. The maximum absolute atomic E-state index is 14.9. The minimum atomic E-state index is -0.633. The van der Waals surface area contributed by atoms with Gasteiger partial charge < -0.3 is 24.8 Å². The van der Waals surface area contributed by atoms with Gasteiger partial charge in [0.05, 0.1) is 12.7 Å². The van der Waals surface area contributed by atoms with E-state index in [9.17, 15) is 13.9 Å². The molecule has 0 amide bonds. The summed E-state index contributed by atoms with van der Waals surface area (Å²) in [5, 5.41) is 23.5. The van der Waals surface area contributed by atoms with Crippen LogP contribution in [0.2, 0.25) is 0 Å². The number of rotatable bonds is 7. The van der Waals surface area contributed by atoms with Gasteiger partial charge in [-0.3, -0.25) is 0 Å². The SMILES string of the molecule is CO.CO.Cc1cc(OCC2CC(O)C2)cc(C)c1-c1cc(COc2cc3c(cn2)C2CC2C3)c(F)cc1F. The Morgan fingerprint density at radius 2 is 1.59 bits per heavy atom. The van der Waals surface area contributed by atoms with E-state index in [-0.39, 0.29) is 18.3 Å². The smallest absolute Gasteiger partial charge is 0.213 e. The van der Waals surface area contributed by atoms with Crippen LogP contribution in [0.5, 0.6) is 11.6 Å². The Balaban J connectivity index is 0.000000845. The molecule has 1 heterocycles. The van der Waals surface area contributed by atoms with Gasteiger partial charge in [-0.05, 0) is 103 Å². The molecule has 210 valence electrons. The molecule has 0 aliphatic heterocycles. The highest BCUT2D eigenvalue weighted by Crippen LogP contribution is 2.56. The Labute approximate surface area is 228 Å². The van der Waals surface area contributed by atoms with Crippen LogP contribution in [-0.4, -0.2) is 47.2 Å². The van der Waals surface area contributed by atoms with Crippen LogP contribution >= 0.6 is 0 Å². The van der Waals surface area contributed by atoms with Gasteiger partial charge >= 0.3 is 0 Å². The molecule has 8 heteroatoms. The monoisotopic (exact) mass is 541 g/mol. The van der Waals surface area contributed by atoms with E-state index in [1.807, 2.05) is 38.2 Å². The lowest BCUT2D eigenvalue weighted by molar-refractivity contribution is 0.0203. The van der Waals surface area contributed by atoms with Gasteiger partial charge in [-0.25, -0.2) is 13.8 Å². The van der Waals surface area contributed by atoms with Crippen molar-refractivity contribution in [1.82, 2.24) is 4.98 Å². The fourth-order valence-electron chi connectivity index (χ4n) is 5.74. The number of aliphatic hydroxyl groups excluding tert-OH is 3. The van der Waals surface area contributed by atoms with E-state index in [0.717, 1.165) is 67.9 Å². The van der Waals surface area contributed by atoms with Crippen LogP contribution in [0.1, 0.15) is 53.0 Å². The van der Waals surface area contributed by atoms with E-state index >= 15 is 0 Å². The standard InChI is InChI=1S/C29H29F2NO3.2CH4O/c1-15-3-22(34-13-17-5-21(33)6-17)4-16(2)29(15)24-9-20(26(30)11-27(24)31)14-35-28-10-19-7-18-8-23(18)25(19)12-32-28;2*1-2/h3-4,9-12,17-18,21,23,33H,5-8,13-14H2,1-2H3;2*2H,1H3. The Morgan fingerprint density at radius 3 is 2.26 bits per heavy atom. The third-order valence-corrected chi connectivity index (χ3v) is 7.79. The summed E-state index contributed by atoms with van der Waals surface area (Å²) in [5.74, 6) is 1.75. The molecule has 6 rings (SSSR count). The van der Waals surface area contributed by atoms with Crippen molar-refractivity contribution in [3.05, 3.63) is 76.0 Å². The predicted molar refractivity (Wildman–Crippen MR) is 145 cm³/mol. The van der Waals surface area contributed by atoms with Crippen LogP contribution in [0.3, 0.4) is 0 Å². The zero-order chi connectivity index (χ0) is 28.3. The van der Waals surface area contributed by atoms with E-state index in [1.54, 1.807) is 6.07 Å². The minimum Gasteiger partial charge on any atom is -0.493 e. The molecule has 2 saturated carbocycles. The second-order valence-electron chi connectivity index (χ2n) is 10.5. The molecule has 3 aliphatic carbocycles. The van der Waals surface area contributed by atoms with Crippen LogP contribution in [0.15, 0.2) is 36.5 Å². The fourth-order valence-corrected chi connectivity index (χ4v) is 5.74. The minimum absolute atomic E-state index is 0.0235. The third-order valence-electron chi connectivity index (χ3n) is 7.79. The molecule has 3 N–H and O–H groups in total. The predicted octanol–water partition coefficient (Wildman–Crippen LogP) is 5.25. The summed E-state index contributed by atoms with van der Waals surface area (Å²) in [6, 6.07) is 8.20. The average molecular weight is 542 g/mol. The first-order valence-corrected chi connectivity index (χ1v) is 13.3. The molecular formula is C31H37F2NO5. The highest BCUT2D eigenvalue weighted by Gasteiger charge is 2.45. The number of aliphatic hydroxyl groups is 3. The second-order valence-corrected chi connectivity index (χ2v) is 10.5. The molecule has 2 unspecified atom stereocenters. The molecule has 39 heavy (non-hydrogen) atoms. The van der Waals surface area contributed by atoms with Crippen LogP contribution in [0.4, 0.5) is 8.78 Å². The molecule has 0 bridgehead atoms. The van der Waals surface area contributed by atoms with E-state index in [2.05, 4.69) is 4.98 Å². The van der Waals surface area contributed by atoms with Crippen molar-refractivity contribution in [3.63, 3.8) is 0 Å². The molecule has 0 spiro atoms. The van der Waals surface area contributed by atoms with Gasteiger partial charge in [-0.2, -0.15) is 0 Å². The molecule has 0 radical (unpaired) electrons. The fraction of sp³-hybridized carbons (Fsp3) is 0.452. The molecule has 1 aromatic heterocycles. The molecule has 2 atom stereocenters. The maximum atomic E-state index is 14.9. The van der Waals surface area contributed by atoms with Crippen molar-refractivity contribution in [2.24, 2.45) is 11.8 Å². The van der Waals surface area contributed by atoms with Gasteiger partial charge in [0, 0.05) is 43.7 Å². The molecule has 3 aliphatic rings. The van der Waals surface area contributed by atoms with Crippen molar-refractivity contribution >= 4 is 0 Å². The van der Waals surface area contributed by atoms with Gasteiger partial charge in [-0.15, -0.1) is 0 Å². The van der Waals surface area contributed by atoms with E-state index < -0.39 is 11.6 Å². The summed E-state index contributed by atoms with van der Waals surface area (Å²) in [6.45, 7) is 4.34. The first-order chi connectivity index (χ1) is 18.9. The number of benzene rings is 2. The number of hydrogen-bond donors (Lipinski definition) is 3. The van der Waals surface area contributed by atoms with E-state index in [1.165, 1.54) is 17.5 Å². The van der Waals surface area contributed by atoms with Gasteiger partial charge in [0.2, 0.25) is 5.88 Å². The zero-order valence-corrected chi connectivity index (χ0v) is 22.9. The number of nitrogens with zero attached hydrogens (tertiary/aromatic N) is 1. The summed E-state index contributed by atoms with van der Waals surface area (Å²) in [7, 11) is 2.00. The van der Waals surface area contributed by atoms with Crippen LogP contribution in [-0.2, 0) is 13.0 Å². The second kappa shape index (κ2) is 12.4. The molecular weight excluding hydrogens is 504 g/mol. The molecule has 2 fully saturated rings. The topological polar surface area (TPSA) is 92.0 Å². The van der Waals surface area contributed by atoms with Crippen molar-refractivity contribution in [2.45, 2.75) is 58.2 Å². The number of fused-ring (bicyclic) bond motifs is 3. The van der Waals surface area contributed by atoms with Crippen molar-refractivity contribution in [3.8, 4) is 22.8 Å². The Kier molecular flexibility index (Phi) is 9.20. The quantitative estimate of drug-likeness (QED) is 0.379. The molecule has 3 aromatic rings. The van der Waals surface area contributed by atoms with E-state index in [4.69, 9.17) is 19.7 Å². The highest BCUT2D eigenvalue weighted by molar-refractivity contribution is 5.73. The number of ether oxygens (including phenoxy) is 2. The summed E-state index contributed by atoms with van der Waals surface area (Å²) < 4.78 is 41.3. The first kappa shape index (κ1) is 28.9. The number of halogens is 2. The number of hydrogen-bond acceptors (Lipinski definition) is 6. The van der Waals surface area contributed by atoms with Crippen LogP contribution in [0.25, 0.3) is 11.1 Å². The highest BCUT2D eigenvalue weighted by atomic mass is 19.1. The van der Waals surface area contributed by atoms with Crippen molar-refractivity contribution in [1.29, 1.82) is 0 Å². The summed E-state index contributed by atoms with van der Waals surface area (Å²) in [6.07, 6.45) is 5.54. The lowest BCUT2D eigenvalue weighted by Gasteiger charge is -2.31. The lowest BCUT2D eigenvalue weighted by Crippen LogP contribution is -2.32. The third kappa shape index (κ3) is 6.24. The molecule has 6 nitrogen and oxygen atoms in total. The normalized spacial score (nSPS) is 21.8. The van der Waals surface area contributed by atoms with Gasteiger partial charge in [0.1, 0.15) is 24.0 Å². The summed E-state index contributed by atoms with van der Waals surface area (Å²) in [4.78, 5) is 4.41. The Hall–Kier alpha value is -3.07. The lowest BCUT2D eigenvalue weighted by atomic mass is 9.83. The van der Waals surface area contributed by atoms with E-state index in [0.29, 0.717) is 29.9 Å². The number of aromatic nitrogens is 1.